The number of hydrogen-bond acceptors (Lipinski definition) is 2. The summed E-state index contributed by atoms with van der Waals surface area (Å²) in [5.74, 6) is -0.242. The molecule has 1 saturated carbocycles. The van der Waals surface area contributed by atoms with Gasteiger partial charge in [-0.3, -0.25) is 9.59 Å². The van der Waals surface area contributed by atoms with Crippen LogP contribution in [-0.4, -0.2) is 28.8 Å². The Bertz CT molecular complexity index is 862. The highest BCUT2D eigenvalue weighted by molar-refractivity contribution is 6.36. The molecular weight excluding hydrogens is 431 g/mol. The summed E-state index contributed by atoms with van der Waals surface area (Å²) >= 11 is 12.6. The van der Waals surface area contributed by atoms with Crippen molar-refractivity contribution in [3.05, 3.63) is 69.7 Å². The van der Waals surface area contributed by atoms with E-state index >= 15 is 0 Å². The smallest absolute Gasteiger partial charge is 0.243 e. The maximum Gasteiger partial charge on any atom is 0.243 e. The first kappa shape index (κ1) is 23.6. The van der Waals surface area contributed by atoms with Crippen LogP contribution in [-0.2, 0) is 22.6 Å². The van der Waals surface area contributed by atoms with Crippen LogP contribution in [0.15, 0.2) is 48.5 Å². The van der Waals surface area contributed by atoms with E-state index < -0.39 is 6.04 Å². The van der Waals surface area contributed by atoms with E-state index in [4.69, 9.17) is 23.2 Å². The van der Waals surface area contributed by atoms with Gasteiger partial charge in [-0.2, -0.15) is 0 Å². The minimum atomic E-state index is -0.545. The summed E-state index contributed by atoms with van der Waals surface area (Å²) in [5, 5.41) is 4.11. The first-order valence-electron chi connectivity index (χ1n) is 11.1. The van der Waals surface area contributed by atoms with Crippen molar-refractivity contribution in [1.29, 1.82) is 0 Å². The average Bonchev–Trinajstić information content (AvgIpc) is 2.77. The van der Waals surface area contributed by atoms with Crippen LogP contribution in [0.2, 0.25) is 10.0 Å². The number of amides is 2. The van der Waals surface area contributed by atoms with Crippen LogP contribution in [0.1, 0.15) is 56.6 Å². The SMILES string of the molecule is CC[C@H](C(=O)NC1CCCCC1)N(Cc1ccccc1)C(=O)Cc1c(Cl)cccc1Cl. The van der Waals surface area contributed by atoms with Crippen molar-refractivity contribution in [2.24, 2.45) is 0 Å². The fraction of sp³-hybridized carbons (Fsp3) is 0.440. The van der Waals surface area contributed by atoms with Gasteiger partial charge in [0.15, 0.2) is 0 Å². The van der Waals surface area contributed by atoms with Crippen molar-refractivity contribution >= 4 is 35.0 Å². The van der Waals surface area contributed by atoms with Crippen molar-refractivity contribution in [3.8, 4) is 0 Å². The Balaban J connectivity index is 1.83. The first-order valence-corrected chi connectivity index (χ1v) is 11.8. The Morgan fingerprint density at radius 2 is 1.65 bits per heavy atom. The molecule has 3 rings (SSSR count). The zero-order valence-electron chi connectivity index (χ0n) is 17.9. The molecule has 1 aliphatic carbocycles. The van der Waals surface area contributed by atoms with E-state index in [0.29, 0.717) is 28.6 Å². The Morgan fingerprint density at radius 1 is 1.00 bits per heavy atom. The lowest BCUT2D eigenvalue weighted by atomic mass is 9.95. The Morgan fingerprint density at radius 3 is 2.26 bits per heavy atom. The molecule has 0 heterocycles. The molecule has 31 heavy (non-hydrogen) atoms. The van der Waals surface area contributed by atoms with Crippen LogP contribution < -0.4 is 5.32 Å². The van der Waals surface area contributed by atoms with Gasteiger partial charge in [-0.15, -0.1) is 0 Å². The summed E-state index contributed by atoms with van der Waals surface area (Å²) in [7, 11) is 0. The van der Waals surface area contributed by atoms with Crippen molar-refractivity contribution in [1.82, 2.24) is 10.2 Å². The van der Waals surface area contributed by atoms with E-state index in [1.54, 1.807) is 23.1 Å². The molecule has 1 atom stereocenters. The van der Waals surface area contributed by atoms with Gasteiger partial charge in [0.1, 0.15) is 6.04 Å². The summed E-state index contributed by atoms with van der Waals surface area (Å²) in [6.07, 6.45) is 6.10. The molecule has 0 bridgehead atoms. The third-order valence-corrected chi connectivity index (χ3v) is 6.63. The topological polar surface area (TPSA) is 49.4 Å². The fourth-order valence-corrected chi connectivity index (χ4v) is 4.73. The number of carbonyl (C=O) groups excluding carboxylic acids is 2. The van der Waals surface area contributed by atoms with Crippen LogP contribution in [0.5, 0.6) is 0 Å². The molecule has 0 radical (unpaired) electrons. The molecule has 1 N–H and O–H groups in total. The third-order valence-electron chi connectivity index (χ3n) is 5.92. The largest absolute Gasteiger partial charge is 0.352 e. The van der Waals surface area contributed by atoms with E-state index in [1.165, 1.54) is 6.42 Å². The van der Waals surface area contributed by atoms with Gasteiger partial charge >= 0.3 is 0 Å². The number of benzene rings is 2. The molecule has 0 saturated heterocycles. The summed E-state index contributed by atoms with van der Waals surface area (Å²) < 4.78 is 0. The second-order valence-corrected chi connectivity index (χ2v) is 8.97. The van der Waals surface area contributed by atoms with Crippen molar-refractivity contribution in [2.75, 3.05) is 0 Å². The molecule has 2 aromatic rings. The standard InChI is InChI=1S/C25H30Cl2N2O2/c1-2-23(25(31)28-19-12-7-4-8-13-19)29(17-18-10-5-3-6-11-18)24(30)16-20-21(26)14-9-15-22(20)27/h3,5-6,9-11,14-15,19,23H,2,4,7-8,12-13,16-17H2,1H3,(H,28,31)/t23-/m1/s1. The predicted octanol–water partition coefficient (Wildman–Crippen LogP) is 5.79. The summed E-state index contributed by atoms with van der Waals surface area (Å²) in [5.41, 5.74) is 1.57. The van der Waals surface area contributed by atoms with E-state index in [1.807, 2.05) is 37.3 Å². The van der Waals surface area contributed by atoms with Gasteiger partial charge in [0, 0.05) is 22.6 Å². The van der Waals surface area contributed by atoms with E-state index in [9.17, 15) is 9.59 Å². The van der Waals surface area contributed by atoms with Gasteiger partial charge in [-0.25, -0.2) is 0 Å². The quantitative estimate of drug-likeness (QED) is 0.541. The normalized spacial score (nSPS) is 15.3. The molecule has 0 aromatic heterocycles. The molecule has 1 aliphatic rings. The third kappa shape index (κ3) is 6.47. The number of halogens is 2. The van der Waals surface area contributed by atoms with Crippen LogP contribution in [0.3, 0.4) is 0 Å². The van der Waals surface area contributed by atoms with Gasteiger partial charge in [-0.05, 0) is 42.5 Å². The maximum absolute atomic E-state index is 13.4. The number of nitrogens with one attached hydrogen (secondary N) is 1. The lowest BCUT2D eigenvalue weighted by Gasteiger charge is -2.33. The van der Waals surface area contributed by atoms with Gasteiger partial charge in [0.2, 0.25) is 11.8 Å². The van der Waals surface area contributed by atoms with E-state index in [-0.39, 0.29) is 24.3 Å². The highest BCUT2D eigenvalue weighted by Crippen LogP contribution is 2.26. The summed E-state index contributed by atoms with van der Waals surface area (Å²) in [6.45, 7) is 2.30. The molecule has 0 unspecified atom stereocenters. The van der Waals surface area contributed by atoms with Crippen LogP contribution >= 0.6 is 23.2 Å². The average molecular weight is 461 g/mol. The highest BCUT2D eigenvalue weighted by Gasteiger charge is 2.30. The second-order valence-electron chi connectivity index (χ2n) is 8.15. The monoisotopic (exact) mass is 460 g/mol. The zero-order valence-corrected chi connectivity index (χ0v) is 19.5. The Kier molecular flexibility index (Phi) is 8.79. The molecule has 1 fully saturated rings. The molecule has 4 nitrogen and oxygen atoms in total. The lowest BCUT2D eigenvalue weighted by Crippen LogP contribution is -2.52. The molecule has 0 spiro atoms. The first-order chi connectivity index (χ1) is 15.0. The minimum Gasteiger partial charge on any atom is -0.352 e. The molecule has 166 valence electrons. The molecule has 0 aliphatic heterocycles. The van der Waals surface area contributed by atoms with E-state index in [2.05, 4.69) is 5.32 Å². The second kappa shape index (κ2) is 11.5. The molecule has 6 heteroatoms. The van der Waals surface area contributed by atoms with Crippen molar-refractivity contribution in [2.45, 2.75) is 70.5 Å². The summed E-state index contributed by atoms with van der Waals surface area (Å²) in [4.78, 5) is 28.3. The van der Waals surface area contributed by atoms with Gasteiger partial charge in [-0.1, -0.05) is 85.8 Å². The number of nitrogens with zero attached hydrogens (tertiary/aromatic N) is 1. The highest BCUT2D eigenvalue weighted by atomic mass is 35.5. The summed E-state index contributed by atoms with van der Waals surface area (Å²) in [6, 6.07) is 14.6. The van der Waals surface area contributed by atoms with Crippen LogP contribution in [0.4, 0.5) is 0 Å². The fourth-order valence-electron chi connectivity index (χ4n) is 4.20. The lowest BCUT2D eigenvalue weighted by molar-refractivity contribution is -0.141. The van der Waals surface area contributed by atoms with Gasteiger partial charge in [0.25, 0.3) is 0 Å². The number of hydrogen-bond donors (Lipinski definition) is 1. The van der Waals surface area contributed by atoms with Crippen molar-refractivity contribution < 1.29 is 9.59 Å². The van der Waals surface area contributed by atoms with Crippen LogP contribution in [0, 0.1) is 0 Å². The van der Waals surface area contributed by atoms with Crippen molar-refractivity contribution in [3.63, 3.8) is 0 Å². The van der Waals surface area contributed by atoms with Crippen LogP contribution in [0.25, 0.3) is 0 Å². The van der Waals surface area contributed by atoms with E-state index in [0.717, 1.165) is 31.2 Å². The molecule has 2 amide bonds. The Labute approximate surface area is 194 Å². The Hall–Kier alpha value is -2.04. The van der Waals surface area contributed by atoms with Gasteiger partial charge < -0.3 is 10.2 Å². The van der Waals surface area contributed by atoms with Gasteiger partial charge in [0.05, 0.1) is 6.42 Å². The molecule has 2 aromatic carbocycles. The number of rotatable bonds is 8. The predicted molar refractivity (Wildman–Crippen MR) is 126 cm³/mol. The number of carbonyl (C=O) groups is 2. The zero-order chi connectivity index (χ0) is 22.2. The maximum atomic E-state index is 13.4. The molecular formula is C25H30Cl2N2O2. The minimum absolute atomic E-state index is 0.0541.